The third kappa shape index (κ3) is 5.19. The van der Waals surface area contributed by atoms with E-state index in [1.54, 1.807) is 17.8 Å². The number of rotatable bonds is 4. The fourth-order valence-electron chi connectivity index (χ4n) is 5.74. The highest BCUT2D eigenvalue weighted by Crippen LogP contribution is 2.44. The summed E-state index contributed by atoms with van der Waals surface area (Å²) >= 11 is 1.41. The van der Waals surface area contributed by atoms with Crippen molar-refractivity contribution in [3.63, 3.8) is 0 Å². The number of halogens is 2. The van der Waals surface area contributed by atoms with Crippen LogP contribution in [0.3, 0.4) is 0 Å². The first-order chi connectivity index (χ1) is 18.0. The number of likely N-dealkylation sites (N-methyl/N-ethyl adjacent to an activating group) is 1. The molecule has 5 heterocycles. The molecule has 1 fully saturated rings. The summed E-state index contributed by atoms with van der Waals surface area (Å²) in [5.74, 6) is 0.965. The number of piperidine rings is 1. The van der Waals surface area contributed by atoms with Crippen LogP contribution in [0.2, 0.25) is 0 Å². The van der Waals surface area contributed by atoms with E-state index < -0.39 is 6.43 Å². The minimum absolute atomic E-state index is 0.0821. The Bertz CT molecular complexity index is 1220. The summed E-state index contributed by atoms with van der Waals surface area (Å²) in [4.78, 5) is 18.3. The van der Waals surface area contributed by atoms with Gasteiger partial charge >= 0.3 is 0 Å². The molecule has 0 aliphatic carbocycles. The summed E-state index contributed by atoms with van der Waals surface area (Å²) in [5, 5.41) is 8.67. The number of carbonyl (C=O) groups excluding carboxylic acids is 1. The maximum atomic E-state index is 14.2. The third-order valence-corrected chi connectivity index (χ3v) is 8.27. The van der Waals surface area contributed by atoms with Crippen molar-refractivity contribution < 1.29 is 13.6 Å². The van der Waals surface area contributed by atoms with Crippen LogP contribution >= 0.6 is 11.3 Å². The zero-order valence-corrected chi connectivity index (χ0v) is 22.2. The number of nitrogens with one attached hydrogen (secondary N) is 1. The number of alkyl halides is 2. The molecule has 0 amide bonds. The Labute approximate surface area is 220 Å². The number of carbonyl (C=O) groups is 1. The summed E-state index contributed by atoms with van der Waals surface area (Å²) < 4.78 is 30.7. The number of aldehydes is 1. The number of anilines is 2. The first-order valence-corrected chi connectivity index (χ1v) is 13.9. The molecule has 1 aromatic carbocycles. The monoisotopic (exact) mass is 528 g/mol. The van der Waals surface area contributed by atoms with Crippen LogP contribution in [0.4, 0.5) is 20.3 Å². The molecule has 2 aromatic heterocycles. The second-order valence-corrected chi connectivity index (χ2v) is 10.8. The van der Waals surface area contributed by atoms with E-state index in [4.69, 9.17) is 9.89 Å². The van der Waals surface area contributed by atoms with Crippen molar-refractivity contribution in [1.82, 2.24) is 25.0 Å². The molecule has 1 N–H and O–H groups in total. The number of benzene rings is 1. The van der Waals surface area contributed by atoms with Gasteiger partial charge in [0, 0.05) is 60.3 Å². The molecule has 6 rings (SSSR count). The number of nitrogens with zero attached hydrogens (tertiary/aromatic N) is 5. The van der Waals surface area contributed by atoms with Gasteiger partial charge in [-0.25, -0.2) is 8.78 Å². The van der Waals surface area contributed by atoms with E-state index in [1.165, 1.54) is 29.5 Å². The third-order valence-electron chi connectivity index (χ3n) is 7.47. The van der Waals surface area contributed by atoms with Gasteiger partial charge in [-0.3, -0.25) is 9.67 Å². The predicted molar refractivity (Wildman–Crippen MR) is 143 cm³/mol. The van der Waals surface area contributed by atoms with E-state index >= 15 is 0 Å². The number of hydrogen-bond donors (Lipinski definition) is 1. The maximum absolute atomic E-state index is 14.2. The quantitative estimate of drug-likeness (QED) is 0.473. The number of aryl methyl sites for hydroxylation is 1. The molecule has 0 spiro atoms. The summed E-state index contributed by atoms with van der Waals surface area (Å²) in [5.41, 5.74) is 7.01. The lowest BCUT2D eigenvalue weighted by atomic mass is 9.94. The number of aromatic nitrogens is 3. The van der Waals surface area contributed by atoms with E-state index in [2.05, 4.69) is 31.8 Å². The Morgan fingerprint density at radius 1 is 1.19 bits per heavy atom. The number of thiazole rings is 1. The molecule has 198 valence electrons. The van der Waals surface area contributed by atoms with Crippen LogP contribution in [-0.2, 0) is 24.2 Å². The Hall–Kier alpha value is -2.69. The lowest BCUT2D eigenvalue weighted by Crippen LogP contribution is -2.32. The Morgan fingerprint density at radius 2 is 1.97 bits per heavy atom. The zero-order valence-electron chi connectivity index (χ0n) is 21.4. The smallest absolute Gasteiger partial charge is 0.264 e. The van der Waals surface area contributed by atoms with Crippen molar-refractivity contribution in [3.8, 4) is 10.4 Å². The van der Waals surface area contributed by atoms with Gasteiger partial charge in [-0.05, 0) is 70.4 Å². The molecule has 0 radical (unpaired) electrons. The van der Waals surface area contributed by atoms with E-state index in [0.717, 1.165) is 93.1 Å². The molecular formula is C27H34F2N6OS. The molecular weight excluding hydrogens is 494 g/mol. The van der Waals surface area contributed by atoms with Gasteiger partial charge in [0.25, 0.3) is 6.43 Å². The van der Waals surface area contributed by atoms with Crippen LogP contribution in [-0.4, -0.2) is 59.2 Å². The van der Waals surface area contributed by atoms with Gasteiger partial charge in [0.15, 0.2) is 5.82 Å². The molecule has 0 saturated carbocycles. The fraction of sp³-hybridized carbons (Fsp3) is 0.519. The topological polar surface area (TPSA) is 66.3 Å². The first-order valence-electron chi connectivity index (χ1n) is 13.0. The van der Waals surface area contributed by atoms with E-state index in [0.29, 0.717) is 11.6 Å². The van der Waals surface area contributed by atoms with Gasteiger partial charge in [0.2, 0.25) is 0 Å². The second kappa shape index (κ2) is 11.4. The minimum Gasteiger partial charge on any atom is -0.324 e. The van der Waals surface area contributed by atoms with Crippen LogP contribution in [0.5, 0.6) is 0 Å². The molecule has 7 nitrogen and oxygen atoms in total. The van der Waals surface area contributed by atoms with Crippen LogP contribution in [0.1, 0.15) is 61.0 Å². The molecule has 3 aliphatic heterocycles. The minimum atomic E-state index is -2.54. The molecule has 1 saturated heterocycles. The Morgan fingerprint density at radius 3 is 2.68 bits per heavy atom. The average Bonchev–Trinajstić information content (AvgIpc) is 3.57. The van der Waals surface area contributed by atoms with Crippen molar-refractivity contribution in [2.75, 3.05) is 38.1 Å². The lowest BCUT2D eigenvalue weighted by Gasteiger charge is -2.32. The van der Waals surface area contributed by atoms with Gasteiger partial charge in [0.1, 0.15) is 6.29 Å². The molecule has 37 heavy (non-hydrogen) atoms. The van der Waals surface area contributed by atoms with Crippen molar-refractivity contribution in [3.05, 3.63) is 46.2 Å². The highest BCUT2D eigenvalue weighted by Gasteiger charge is 2.32. The van der Waals surface area contributed by atoms with Crippen LogP contribution in [0, 0.1) is 0 Å². The van der Waals surface area contributed by atoms with Gasteiger partial charge in [0.05, 0.1) is 16.4 Å². The molecule has 0 atom stereocenters. The summed E-state index contributed by atoms with van der Waals surface area (Å²) in [6.45, 7) is 6.14. The molecule has 3 aliphatic rings. The normalized spacial score (nSPS) is 18.2. The Kier molecular flexibility index (Phi) is 7.97. The molecule has 0 bridgehead atoms. The number of fused-ring (bicyclic) bond motifs is 2. The predicted octanol–water partition coefficient (Wildman–Crippen LogP) is 5.15. The zero-order chi connectivity index (χ0) is 25.9. The average molecular weight is 529 g/mol. The number of hydrogen-bond acceptors (Lipinski definition) is 7. The molecule has 3 aromatic rings. The largest absolute Gasteiger partial charge is 0.324 e. The lowest BCUT2D eigenvalue weighted by molar-refractivity contribution is -0.106. The van der Waals surface area contributed by atoms with E-state index in [1.807, 2.05) is 6.07 Å². The second-order valence-electron chi connectivity index (χ2n) is 9.89. The molecule has 10 heteroatoms. The van der Waals surface area contributed by atoms with E-state index in [9.17, 15) is 8.78 Å². The van der Waals surface area contributed by atoms with Gasteiger partial charge in [-0.1, -0.05) is 0 Å². The van der Waals surface area contributed by atoms with Crippen LogP contribution in [0.15, 0.2) is 23.8 Å². The van der Waals surface area contributed by atoms with Gasteiger partial charge < -0.3 is 19.9 Å². The standard InChI is InChI=1S/C25H30F2N6S.C2H4O/c1-31-10-6-21-20(14-31)25(30-33(21)17-4-7-28-8-5-17)32-9-2-3-16-11-18(23-13-29-15-34-23)19(24(26)27)12-22(16)32;1-2-3/h11-13,15,17,24,28H,2-10,14H2,1H3;2H,1H3. The summed E-state index contributed by atoms with van der Waals surface area (Å²) in [6, 6.07) is 4.09. The van der Waals surface area contributed by atoms with Crippen LogP contribution < -0.4 is 10.2 Å². The van der Waals surface area contributed by atoms with Crippen LogP contribution in [0.25, 0.3) is 10.4 Å². The highest BCUT2D eigenvalue weighted by molar-refractivity contribution is 7.13. The van der Waals surface area contributed by atoms with E-state index in [-0.39, 0.29) is 5.56 Å². The molecule has 0 unspecified atom stereocenters. The summed E-state index contributed by atoms with van der Waals surface area (Å²) in [6.07, 6.45) is 4.90. The van der Waals surface area contributed by atoms with Gasteiger partial charge in [-0.15, -0.1) is 11.3 Å². The fourth-order valence-corrected chi connectivity index (χ4v) is 6.41. The SMILES string of the molecule is CC=O.CN1CCc2c(c(N3CCCc4cc(-c5cncs5)c(C(F)F)cc43)nn2C2CCNCC2)C1. The Balaban J connectivity index is 0.000000892. The summed E-state index contributed by atoms with van der Waals surface area (Å²) in [7, 11) is 2.15. The first kappa shape index (κ1) is 25.9. The van der Waals surface area contributed by atoms with Crippen molar-refractivity contribution >= 4 is 29.1 Å². The maximum Gasteiger partial charge on any atom is 0.264 e. The van der Waals surface area contributed by atoms with Gasteiger partial charge in [-0.2, -0.15) is 5.10 Å². The highest BCUT2D eigenvalue weighted by atomic mass is 32.1. The van der Waals surface area contributed by atoms with Crippen molar-refractivity contribution in [2.24, 2.45) is 0 Å². The van der Waals surface area contributed by atoms with Crippen molar-refractivity contribution in [2.45, 2.75) is 58.0 Å². The van der Waals surface area contributed by atoms with Crippen molar-refractivity contribution in [1.29, 1.82) is 0 Å².